The van der Waals surface area contributed by atoms with E-state index in [1.165, 1.54) is 34.7 Å². The lowest BCUT2D eigenvalue weighted by molar-refractivity contribution is -0.137. The summed E-state index contributed by atoms with van der Waals surface area (Å²) in [7, 11) is 0. The number of ether oxygens (including phenoxy) is 1. The number of amides is 2. The molecule has 7 heteroatoms. The van der Waals surface area contributed by atoms with E-state index in [1.54, 1.807) is 11.3 Å². The van der Waals surface area contributed by atoms with Gasteiger partial charge in [0.15, 0.2) is 6.61 Å². The Bertz CT molecular complexity index is 791. The number of nitrogens with one attached hydrogen (secondary N) is 1. The van der Waals surface area contributed by atoms with Crippen molar-refractivity contribution in [2.45, 2.75) is 38.8 Å². The van der Waals surface area contributed by atoms with Gasteiger partial charge in [0.2, 0.25) is 5.91 Å². The summed E-state index contributed by atoms with van der Waals surface area (Å²) in [6.07, 6.45) is 2.22. The van der Waals surface area contributed by atoms with E-state index in [0.29, 0.717) is 25.3 Å². The first-order chi connectivity index (χ1) is 13.1. The molecule has 1 aromatic heterocycles. The van der Waals surface area contributed by atoms with E-state index in [1.807, 2.05) is 11.8 Å². The minimum atomic E-state index is -0.556. The van der Waals surface area contributed by atoms with E-state index in [4.69, 9.17) is 4.74 Å². The van der Waals surface area contributed by atoms with Crippen molar-refractivity contribution >= 4 is 23.2 Å². The topological polar surface area (TPSA) is 58.6 Å². The Hall–Kier alpha value is -2.41. The highest BCUT2D eigenvalue weighted by Crippen LogP contribution is 2.24. The fourth-order valence-corrected chi connectivity index (χ4v) is 4.01. The molecule has 2 heterocycles. The van der Waals surface area contributed by atoms with Crippen molar-refractivity contribution in [1.29, 1.82) is 0 Å². The predicted octanol–water partition coefficient (Wildman–Crippen LogP) is 3.14. The molecule has 2 amide bonds. The second kappa shape index (κ2) is 8.99. The zero-order valence-electron chi connectivity index (χ0n) is 15.2. The highest BCUT2D eigenvalue weighted by atomic mass is 32.1. The van der Waals surface area contributed by atoms with E-state index in [0.717, 1.165) is 12.8 Å². The van der Waals surface area contributed by atoms with Crippen molar-refractivity contribution in [2.75, 3.05) is 13.2 Å². The number of carbonyl (C=O) groups is 2. The van der Waals surface area contributed by atoms with Crippen LogP contribution in [0.1, 0.15) is 30.2 Å². The van der Waals surface area contributed by atoms with Crippen molar-refractivity contribution < 1.29 is 18.7 Å². The molecule has 0 bridgehead atoms. The molecule has 1 N–H and O–H groups in total. The summed E-state index contributed by atoms with van der Waals surface area (Å²) in [4.78, 5) is 28.3. The van der Waals surface area contributed by atoms with Crippen molar-refractivity contribution in [3.8, 4) is 5.75 Å². The molecule has 5 nitrogen and oxygen atoms in total. The van der Waals surface area contributed by atoms with Crippen LogP contribution in [0.4, 0.5) is 4.39 Å². The number of hydrogen-bond acceptors (Lipinski definition) is 4. The maximum absolute atomic E-state index is 12.9. The zero-order chi connectivity index (χ0) is 19.2. The fraction of sp³-hybridized carbons (Fsp3) is 0.400. The van der Waals surface area contributed by atoms with Crippen LogP contribution in [0.25, 0.3) is 0 Å². The van der Waals surface area contributed by atoms with Gasteiger partial charge >= 0.3 is 0 Å². The SMILES string of the molecule is CCCC(NC(=O)COc1ccc(F)cc1)C(=O)N1CCc2sccc2C1. The molecule has 3 rings (SSSR count). The van der Waals surface area contributed by atoms with E-state index >= 15 is 0 Å². The Balaban J connectivity index is 1.55. The number of fused-ring (bicyclic) bond motifs is 1. The monoisotopic (exact) mass is 390 g/mol. The highest BCUT2D eigenvalue weighted by molar-refractivity contribution is 7.10. The smallest absolute Gasteiger partial charge is 0.258 e. The minimum Gasteiger partial charge on any atom is -0.484 e. The summed E-state index contributed by atoms with van der Waals surface area (Å²) in [6.45, 7) is 3.04. The van der Waals surface area contributed by atoms with Crippen LogP contribution in [0.2, 0.25) is 0 Å². The molecule has 1 aliphatic rings. The van der Waals surface area contributed by atoms with Crippen LogP contribution in [0, 0.1) is 5.82 Å². The molecule has 0 fully saturated rings. The fourth-order valence-electron chi connectivity index (χ4n) is 3.12. The average molecular weight is 390 g/mol. The maximum atomic E-state index is 12.9. The summed E-state index contributed by atoms with van der Waals surface area (Å²) in [5.74, 6) is -0.371. The molecular weight excluding hydrogens is 367 g/mol. The predicted molar refractivity (Wildman–Crippen MR) is 102 cm³/mol. The van der Waals surface area contributed by atoms with Gasteiger partial charge in [0, 0.05) is 18.0 Å². The van der Waals surface area contributed by atoms with Crippen molar-refractivity contribution in [1.82, 2.24) is 10.2 Å². The van der Waals surface area contributed by atoms with Gasteiger partial charge in [-0.15, -0.1) is 11.3 Å². The van der Waals surface area contributed by atoms with Gasteiger partial charge in [0.05, 0.1) is 0 Å². The van der Waals surface area contributed by atoms with Crippen LogP contribution in [0.15, 0.2) is 35.7 Å². The zero-order valence-corrected chi connectivity index (χ0v) is 16.1. The summed E-state index contributed by atoms with van der Waals surface area (Å²) in [5.41, 5.74) is 1.20. The Morgan fingerprint density at radius 3 is 2.81 bits per heavy atom. The minimum absolute atomic E-state index is 0.0520. The lowest BCUT2D eigenvalue weighted by Gasteiger charge is -2.30. The Labute approximate surface area is 162 Å². The number of rotatable bonds is 7. The molecule has 0 aliphatic carbocycles. The average Bonchev–Trinajstić information content (AvgIpc) is 3.14. The Morgan fingerprint density at radius 2 is 2.07 bits per heavy atom. The van der Waals surface area contributed by atoms with Gasteiger partial charge in [-0.1, -0.05) is 13.3 Å². The van der Waals surface area contributed by atoms with Crippen LogP contribution in [-0.4, -0.2) is 35.9 Å². The van der Waals surface area contributed by atoms with Gasteiger partial charge in [0.25, 0.3) is 5.91 Å². The third-order valence-electron chi connectivity index (χ3n) is 4.51. The number of halogens is 1. The first kappa shape index (κ1) is 19.4. The first-order valence-corrected chi connectivity index (χ1v) is 9.96. The molecule has 1 aliphatic heterocycles. The van der Waals surface area contributed by atoms with Gasteiger partial charge in [0.1, 0.15) is 17.6 Å². The quantitative estimate of drug-likeness (QED) is 0.790. The number of thiophene rings is 1. The van der Waals surface area contributed by atoms with E-state index in [2.05, 4.69) is 16.8 Å². The summed E-state index contributed by atoms with van der Waals surface area (Å²) in [6, 6.07) is 6.97. The molecule has 0 saturated heterocycles. The molecule has 1 aromatic carbocycles. The van der Waals surface area contributed by atoms with E-state index in [-0.39, 0.29) is 24.2 Å². The Morgan fingerprint density at radius 1 is 1.30 bits per heavy atom. The van der Waals surface area contributed by atoms with Gasteiger partial charge < -0.3 is 15.0 Å². The van der Waals surface area contributed by atoms with E-state index < -0.39 is 6.04 Å². The molecular formula is C20H23FN2O3S. The number of nitrogens with zero attached hydrogens (tertiary/aromatic N) is 1. The van der Waals surface area contributed by atoms with Gasteiger partial charge in [-0.05, 0) is 54.1 Å². The van der Waals surface area contributed by atoms with Crippen LogP contribution >= 0.6 is 11.3 Å². The lowest BCUT2D eigenvalue weighted by atomic mass is 10.1. The Kier molecular flexibility index (Phi) is 6.45. The number of hydrogen-bond donors (Lipinski definition) is 1. The van der Waals surface area contributed by atoms with Crippen LogP contribution in [0.3, 0.4) is 0 Å². The second-order valence-corrected chi connectivity index (χ2v) is 7.53. The molecule has 2 aromatic rings. The maximum Gasteiger partial charge on any atom is 0.258 e. The third-order valence-corrected chi connectivity index (χ3v) is 5.54. The molecule has 27 heavy (non-hydrogen) atoms. The van der Waals surface area contributed by atoms with Crippen molar-refractivity contribution in [3.63, 3.8) is 0 Å². The number of benzene rings is 1. The lowest BCUT2D eigenvalue weighted by Crippen LogP contribution is -2.50. The van der Waals surface area contributed by atoms with Crippen molar-refractivity contribution in [2.24, 2.45) is 0 Å². The van der Waals surface area contributed by atoms with Gasteiger partial charge in [-0.25, -0.2) is 4.39 Å². The van der Waals surface area contributed by atoms with Crippen molar-refractivity contribution in [3.05, 3.63) is 52.0 Å². The number of carbonyl (C=O) groups excluding carboxylic acids is 2. The second-order valence-electron chi connectivity index (χ2n) is 6.53. The molecule has 0 spiro atoms. The molecule has 0 radical (unpaired) electrons. The largest absolute Gasteiger partial charge is 0.484 e. The molecule has 0 saturated carbocycles. The summed E-state index contributed by atoms with van der Waals surface area (Å²) < 4.78 is 18.3. The summed E-state index contributed by atoms with van der Waals surface area (Å²) >= 11 is 1.73. The molecule has 144 valence electrons. The van der Waals surface area contributed by atoms with Crippen LogP contribution in [0.5, 0.6) is 5.75 Å². The van der Waals surface area contributed by atoms with E-state index in [9.17, 15) is 14.0 Å². The standard InChI is InChI=1S/C20H23FN2O3S/c1-2-3-17(20(25)23-10-8-18-14(12-23)9-11-27-18)22-19(24)13-26-16-6-4-15(21)5-7-16/h4-7,9,11,17H,2-3,8,10,12-13H2,1H3,(H,22,24). The van der Waals surface area contributed by atoms with Gasteiger partial charge in [-0.2, -0.15) is 0 Å². The van der Waals surface area contributed by atoms with Crippen LogP contribution in [-0.2, 0) is 22.6 Å². The molecule has 1 unspecified atom stereocenters. The summed E-state index contributed by atoms with van der Waals surface area (Å²) in [5, 5.41) is 4.84. The normalized spacial score (nSPS) is 14.4. The third kappa shape index (κ3) is 5.07. The highest BCUT2D eigenvalue weighted by Gasteiger charge is 2.28. The first-order valence-electron chi connectivity index (χ1n) is 9.08. The van der Waals surface area contributed by atoms with Crippen LogP contribution < -0.4 is 10.1 Å². The molecule has 1 atom stereocenters. The van der Waals surface area contributed by atoms with Gasteiger partial charge in [-0.3, -0.25) is 9.59 Å².